The summed E-state index contributed by atoms with van der Waals surface area (Å²) in [4.78, 5) is 72.9. The molecule has 0 aliphatic carbocycles. The van der Waals surface area contributed by atoms with Crippen molar-refractivity contribution in [3.63, 3.8) is 0 Å². The first-order valence-corrected chi connectivity index (χ1v) is 47.3. The molecule has 0 aromatic rings. The molecular weight excluding hydrogens is 1350 g/mol. The third-order valence-corrected chi connectivity index (χ3v) is 22.0. The van der Waals surface area contributed by atoms with Gasteiger partial charge in [0, 0.05) is 25.7 Å². The van der Waals surface area contributed by atoms with E-state index in [1.165, 1.54) is 289 Å². The van der Waals surface area contributed by atoms with Gasteiger partial charge in [-0.1, -0.05) is 413 Å². The van der Waals surface area contributed by atoms with E-state index < -0.39 is 97.5 Å². The number of hydrogen-bond acceptors (Lipinski definition) is 15. The molecule has 0 bridgehead atoms. The van der Waals surface area contributed by atoms with Gasteiger partial charge in [0.05, 0.1) is 26.4 Å². The number of esters is 4. The van der Waals surface area contributed by atoms with E-state index in [1.54, 1.807) is 0 Å². The van der Waals surface area contributed by atoms with Crippen LogP contribution in [0.5, 0.6) is 0 Å². The van der Waals surface area contributed by atoms with E-state index in [9.17, 15) is 43.2 Å². The second-order valence-electron chi connectivity index (χ2n) is 30.6. The molecule has 0 aromatic heterocycles. The van der Waals surface area contributed by atoms with Crippen molar-refractivity contribution >= 4 is 39.5 Å². The summed E-state index contributed by atoms with van der Waals surface area (Å²) >= 11 is 0. The first-order chi connectivity index (χ1) is 50.7. The minimum Gasteiger partial charge on any atom is -0.462 e. The van der Waals surface area contributed by atoms with E-state index in [0.29, 0.717) is 25.7 Å². The molecule has 17 nitrogen and oxygen atoms in total. The van der Waals surface area contributed by atoms with Crippen molar-refractivity contribution in [3.8, 4) is 0 Å². The van der Waals surface area contributed by atoms with Crippen molar-refractivity contribution in [2.45, 2.75) is 483 Å². The molecule has 0 aliphatic heterocycles. The molecule has 19 heteroatoms. The van der Waals surface area contributed by atoms with Crippen LogP contribution in [0.3, 0.4) is 0 Å². The molecule has 0 fully saturated rings. The molecule has 0 heterocycles. The highest BCUT2D eigenvalue weighted by Crippen LogP contribution is 2.45. The van der Waals surface area contributed by atoms with Gasteiger partial charge in [0.15, 0.2) is 12.2 Å². The van der Waals surface area contributed by atoms with Crippen LogP contribution < -0.4 is 0 Å². The van der Waals surface area contributed by atoms with Crippen molar-refractivity contribution in [1.82, 2.24) is 0 Å². The van der Waals surface area contributed by atoms with Gasteiger partial charge >= 0.3 is 39.5 Å². The van der Waals surface area contributed by atoms with E-state index in [4.69, 9.17) is 37.0 Å². The third-order valence-electron chi connectivity index (χ3n) is 20.1. The lowest BCUT2D eigenvalue weighted by atomic mass is 10.0. The highest BCUT2D eigenvalue weighted by molar-refractivity contribution is 7.47. The van der Waals surface area contributed by atoms with Crippen LogP contribution in [0.15, 0.2) is 0 Å². The van der Waals surface area contributed by atoms with E-state index in [-0.39, 0.29) is 25.7 Å². The first kappa shape index (κ1) is 102. The van der Waals surface area contributed by atoms with E-state index >= 15 is 0 Å². The van der Waals surface area contributed by atoms with Crippen LogP contribution in [0.1, 0.15) is 464 Å². The average Bonchev–Trinajstić information content (AvgIpc) is 0.931. The largest absolute Gasteiger partial charge is 0.472 e. The number of rotatable bonds is 86. The van der Waals surface area contributed by atoms with Crippen molar-refractivity contribution in [2.24, 2.45) is 0 Å². The summed E-state index contributed by atoms with van der Waals surface area (Å²) in [6.07, 6.45) is 74.2. The van der Waals surface area contributed by atoms with E-state index in [2.05, 4.69) is 27.7 Å². The maximum Gasteiger partial charge on any atom is 0.472 e. The molecule has 5 atom stereocenters. The Balaban J connectivity index is 5.09. The highest BCUT2D eigenvalue weighted by Gasteiger charge is 2.30. The lowest BCUT2D eigenvalue weighted by Crippen LogP contribution is -2.30. The number of hydrogen-bond donors (Lipinski definition) is 3. The van der Waals surface area contributed by atoms with E-state index in [1.807, 2.05) is 0 Å². The summed E-state index contributed by atoms with van der Waals surface area (Å²) in [6, 6.07) is 0. The predicted molar refractivity (Wildman–Crippen MR) is 428 cm³/mol. The minimum absolute atomic E-state index is 0.108. The van der Waals surface area contributed by atoms with Crippen molar-refractivity contribution < 1.29 is 80.2 Å². The summed E-state index contributed by atoms with van der Waals surface area (Å²) in [5.74, 6) is -2.11. The Morgan fingerprint density at radius 1 is 0.231 bits per heavy atom. The maximum atomic E-state index is 13.1. The van der Waals surface area contributed by atoms with Crippen molar-refractivity contribution in [1.29, 1.82) is 0 Å². The highest BCUT2D eigenvalue weighted by atomic mass is 31.2. The normalized spacial score (nSPS) is 13.7. The third kappa shape index (κ3) is 78.2. The molecule has 0 saturated heterocycles. The Morgan fingerprint density at radius 2 is 0.385 bits per heavy atom. The second kappa shape index (κ2) is 79.2. The lowest BCUT2D eigenvalue weighted by molar-refractivity contribution is -0.161. The molecule has 104 heavy (non-hydrogen) atoms. The zero-order chi connectivity index (χ0) is 76.0. The number of ether oxygens (including phenoxy) is 4. The van der Waals surface area contributed by atoms with Gasteiger partial charge in [-0.25, -0.2) is 9.13 Å². The summed E-state index contributed by atoms with van der Waals surface area (Å²) in [7, 11) is -9.91. The monoisotopic (exact) mass is 1520 g/mol. The van der Waals surface area contributed by atoms with Gasteiger partial charge in [-0.15, -0.1) is 0 Å². The lowest BCUT2D eigenvalue weighted by Gasteiger charge is -2.21. The van der Waals surface area contributed by atoms with Crippen molar-refractivity contribution in [2.75, 3.05) is 39.6 Å². The van der Waals surface area contributed by atoms with Gasteiger partial charge in [0.2, 0.25) is 0 Å². The molecule has 0 aromatic carbocycles. The number of carbonyl (C=O) groups excluding carboxylic acids is 4. The van der Waals surface area contributed by atoms with Gasteiger partial charge in [0.1, 0.15) is 19.3 Å². The van der Waals surface area contributed by atoms with Crippen molar-refractivity contribution in [3.05, 3.63) is 0 Å². The van der Waals surface area contributed by atoms with Crippen LogP contribution in [-0.4, -0.2) is 96.7 Å². The Hall–Kier alpha value is -1.94. The molecule has 0 aliphatic rings. The minimum atomic E-state index is -4.96. The fraction of sp³-hybridized carbons (Fsp3) is 0.953. The molecule has 3 N–H and O–H groups in total. The Bertz CT molecular complexity index is 1960. The smallest absolute Gasteiger partial charge is 0.462 e. The number of phosphoric ester groups is 2. The van der Waals surface area contributed by atoms with Crippen LogP contribution in [-0.2, 0) is 65.4 Å². The van der Waals surface area contributed by atoms with Crippen LogP contribution >= 0.6 is 15.6 Å². The summed E-state index contributed by atoms with van der Waals surface area (Å²) in [6.45, 7) is 4.96. The molecule has 2 unspecified atom stereocenters. The first-order valence-electron chi connectivity index (χ1n) is 44.3. The predicted octanol–water partition coefficient (Wildman–Crippen LogP) is 26.1. The van der Waals surface area contributed by atoms with Crippen LogP contribution in [0.4, 0.5) is 0 Å². The zero-order valence-corrected chi connectivity index (χ0v) is 69.8. The molecule has 0 rings (SSSR count). The summed E-state index contributed by atoms with van der Waals surface area (Å²) in [5, 5.41) is 10.6. The van der Waals surface area contributed by atoms with Crippen LogP contribution in [0.2, 0.25) is 0 Å². The summed E-state index contributed by atoms with van der Waals surface area (Å²) in [5.41, 5.74) is 0. The number of unbranched alkanes of at least 4 members (excludes halogenated alkanes) is 60. The van der Waals surface area contributed by atoms with Crippen LogP contribution in [0.25, 0.3) is 0 Å². The fourth-order valence-electron chi connectivity index (χ4n) is 13.3. The second-order valence-corrected chi connectivity index (χ2v) is 33.5. The molecule has 0 spiro atoms. The maximum absolute atomic E-state index is 13.1. The Kier molecular flexibility index (Phi) is 77.7. The number of aliphatic hydroxyl groups is 1. The fourth-order valence-corrected chi connectivity index (χ4v) is 14.9. The van der Waals surface area contributed by atoms with E-state index in [0.717, 1.165) is 96.3 Å². The molecule has 0 saturated carbocycles. The summed E-state index contributed by atoms with van der Waals surface area (Å²) < 4.78 is 68.6. The quantitative estimate of drug-likeness (QED) is 0.0222. The van der Waals surface area contributed by atoms with Gasteiger partial charge in [0.25, 0.3) is 0 Å². The topological polar surface area (TPSA) is 237 Å². The standard InChI is InChI=1S/C85H166O17P2/c1-5-9-13-17-20-23-26-29-32-35-38-41-43-46-49-52-55-58-62-66-70-83(88)96-76-81(102-85(90)72-68-64-60-57-54-51-48-45-42-39-36-33-30-27-24-21-18-14-10-6-2)78-100-104(93,94)98-74-79(86)73-97-103(91,92)99-77-80(75-95-82(87)69-65-61-16-12-8-4)101-84(89)71-67-63-59-56-53-50-47-44-40-37-34-31-28-25-22-19-15-11-7-3/h79-81,86H,5-78H2,1-4H3,(H,91,92)(H,93,94)/t79-,80+,81+/m0/s1. The Labute approximate surface area is 638 Å². The Morgan fingerprint density at radius 3 is 0.567 bits per heavy atom. The molecule has 618 valence electrons. The molecule has 0 radical (unpaired) electrons. The number of phosphoric acid groups is 2. The average molecular weight is 1520 g/mol. The van der Waals surface area contributed by atoms with Crippen LogP contribution in [0, 0.1) is 0 Å². The SMILES string of the molecule is CCCCCCCCCCCCCCCCCCCCCCC(=O)OC[C@H](COP(=O)(O)OC[C@@H](O)COP(=O)(O)OC[C@@H](COC(=O)CCCCCCC)OC(=O)CCCCCCCCCCCCCCCCCCCCC)OC(=O)CCCCCCCCCCCCCCCCCCCCCC. The van der Waals surface area contributed by atoms with Gasteiger partial charge in [-0.3, -0.25) is 37.3 Å². The number of aliphatic hydroxyl groups excluding tert-OH is 1. The zero-order valence-electron chi connectivity index (χ0n) is 68.0. The van der Waals surface area contributed by atoms with Gasteiger partial charge in [-0.05, 0) is 25.7 Å². The van der Waals surface area contributed by atoms with Gasteiger partial charge < -0.3 is 33.8 Å². The van der Waals surface area contributed by atoms with Gasteiger partial charge in [-0.2, -0.15) is 0 Å². The number of carbonyl (C=O) groups is 4. The molecule has 0 amide bonds. The molecular formula is C85H166O17P2.